The van der Waals surface area contributed by atoms with E-state index in [0.717, 1.165) is 24.0 Å². The number of tetrazole rings is 1. The van der Waals surface area contributed by atoms with E-state index in [0.29, 0.717) is 18.7 Å². The highest BCUT2D eigenvalue weighted by atomic mass is 16.3. The van der Waals surface area contributed by atoms with Gasteiger partial charge in [-0.05, 0) is 58.7 Å². The molecule has 25 heavy (non-hydrogen) atoms. The van der Waals surface area contributed by atoms with Gasteiger partial charge in [-0.2, -0.15) is 0 Å². The summed E-state index contributed by atoms with van der Waals surface area (Å²) in [6, 6.07) is 14.5. The van der Waals surface area contributed by atoms with Crippen molar-refractivity contribution < 1.29 is 9.90 Å². The molecule has 0 aliphatic carbocycles. The molecular weight excluding hydrogens is 318 g/mol. The van der Waals surface area contributed by atoms with E-state index in [4.69, 9.17) is 0 Å². The lowest BCUT2D eigenvalue weighted by Gasteiger charge is -2.07. The first-order chi connectivity index (χ1) is 12.2. The Kier molecular flexibility index (Phi) is 5.36. The fourth-order valence-corrected chi connectivity index (χ4v) is 2.46. The van der Waals surface area contributed by atoms with Gasteiger partial charge in [-0.25, -0.2) is 4.68 Å². The summed E-state index contributed by atoms with van der Waals surface area (Å²) in [5.74, 6) is 0.181. The van der Waals surface area contributed by atoms with Crippen LogP contribution in [0.15, 0.2) is 54.9 Å². The van der Waals surface area contributed by atoms with Gasteiger partial charge in [-0.3, -0.25) is 4.79 Å². The Balaban J connectivity index is 1.44. The molecule has 0 fully saturated rings. The molecule has 2 aromatic carbocycles. The molecule has 0 bridgehead atoms. The van der Waals surface area contributed by atoms with Crippen LogP contribution in [0.2, 0.25) is 0 Å². The third-order valence-corrected chi connectivity index (χ3v) is 3.82. The molecule has 0 spiro atoms. The summed E-state index contributed by atoms with van der Waals surface area (Å²) in [6.07, 6.45) is 3.24. The van der Waals surface area contributed by atoms with Crippen LogP contribution in [-0.4, -0.2) is 37.8 Å². The maximum absolute atomic E-state index is 12.1. The first-order valence-electron chi connectivity index (χ1n) is 8.06. The standard InChI is InChI=1S/C18H19N5O2/c24-17-9-5-14(6-10-17)2-1-11-19-18(25)16-7-3-15(4-8-16)12-23-13-20-21-22-23/h3-10,13,24H,1-2,11-12H2,(H,19,25). The largest absolute Gasteiger partial charge is 0.508 e. The third kappa shape index (κ3) is 4.87. The van der Waals surface area contributed by atoms with Crippen LogP contribution in [0.3, 0.4) is 0 Å². The molecule has 2 N–H and O–H groups in total. The Labute approximate surface area is 145 Å². The van der Waals surface area contributed by atoms with E-state index in [1.807, 2.05) is 24.3 Å². The Hall–Kier alpha value is -3.22. The van der Waals surface area contributed by atoms with Crippen molar-refractivity contribution in [3.05, 3.63) is 71.5 Å². The molecule has 1 amide bonds. The zero-order valence-corrected chi connectivity index (χ0v) is 13.7. The first-order valence-corrected chi connectivity index (χ1v) is 8.06. The maximum atomic E-state index is 12.1. The molecular formula is C18H19N5O2. The molecule has 3 rings (SSSR count). The Morgan fingerprint density at radius 2 is 1.76 bits per heavy atom. The fourth-order valence-electron chi connectivity index (χ4n) is 2.46. The number of hydrogen-bond acceptors (Lipinski definition) is 5. The quantitative estimate of drug-likeness (QED) is 0.641. The van der Waals surface area contributed by atoms with Crippen LogP contribution in [0.25, 0.3) is 0 Å². The summed E-state index contributed by atoms with van der Waals surface area (Å²) in [6.45, 7) is 1.17. The Morgan fingerprint density at radius 1 is 1.04 bits per heavy atom. The Morgan fingerprint density at radius 3 is 2.44 bits per heavy atom. The number of aromatic hydroxyl groups is 1. The first kappa shape index (κ1) is 16.6. The third-order valence-electron chi connectivity index (χ3n) is 3.82. The maximum Gasteiger partial charge on any atom is 0.251 e. The van der Waals surface area contributed by atoms with Crippen LogP contribution >= 0.6 is 0 Å². The summed E-state index contributed by atoms with van der Waals surface area (Å²) in [4.78, 5) is 12.1. The van der Waals surface area contributed by atoms with Crippen LogP contribution in [0, 0.1) is 0 Å². The van der Waals surface area contributed by atoms with Crippen LogP contribution in [0.1, 0.15) is 27.9 Å². The summed E-state index contributed by atoms with van der Waals surface area (Å²) in [5, 5.41) is 23.2. The van der Waals surface area contributed by atoms with E-state index in [2.05, 4.69) is 20.8 Å². The van der Waals surface area contributed by atoms with Gasteiger partial charge in [0, 0.05) is 12.1 Å². The lowest BCUT2D eigenvalue weighted by atomic mass is 10.1. The van der Waals surface area contributed by atoms with E-state index < -0.39 is 0 Å². The van der Waals surface area contributed by atoms with Crippen molar-refractivity contribution in [2.45, 2.75) is 19.4 Å². The minimum atomic E-state index is -0.0836. The average Bonchev–Trinajstić information content (AvgIpc) is 3.14. The van der Waals surface area contributed by atoms with Crippen LogP contribution < -0.4 is 5.32 Å². The minimum absolute atomic E-state index is 0.0836. The SMILES string of the molecule is O=C(NCCCc1ccc(O)cc1)c1ccc(Cn2cnnn2)cc1. The van der Waals surface area contributed by atoms with Gasteiger partial charge in [-0.1, -0.05) is 24.3 Å². The minimum Gasteiger partial charge on any atom is -0.508 e. The predicted octanol–water partition coefficient (Wildman–Crippen LogP) is 1.79. The zero-order chi connectivity index (χ0) is 17.5. The van der Waals surface area contributed by atoms with Crippen molar-refractivity contribution in [2.75, 3.05) is 6.54 Å². The van der Waals surface area contributed by atoms with Gasteiger partial charge < -0.3 is 10.4 Å². The van der Waals surface area contributed by atoms with Gasteiger partial charge in [-0.15, -0.1) is 5.10 Å². The molecule has 1 aromatic heterocycles. The van der Waals surface area contributed by atoms with Gasteiger partial charge in [0.1, 0.15) is 12.1 Å². The molecule has 7 nitrogen and oxygen atoms in total. The van der Waals surface area contributed by atoms with E-state index in [1.54, 1.807) is 35.3 Å². The van der Waals surface area contributed by atoms with Crippen molar-refractivity contribution in [3.63, 3.8) is 0 Å². The molecule has 1 heterocycles. The number of nitrogens with one attached hydrogen (secondary N) is 1. The second-order valence-electron chi connectivity index (χ2n) is 5.73. The molecule has 0 saturated heterocycles. The number of aromatic nitrogens is 4. The summed E-state index contributed by atoms with van der Waals surface area (Å²) in [7, 11) is 0. The van der Waals surface area contributed by atoms with Crippen LogP contribution in [-0.2, 0) is 13.0 Å². The van der Waals surface area contributed by atoms with Crippen molar-refractivity contribution in [1.29, 1.82) is 0 Å². The van der Waals surface area contributed by atoms with Crippen molar-refractivity contribution in [3.8, 4) is 5.75 Å². The van der Waals surface area contributed by atoms with Crippen molar-refractivity contribution in [2.24, 2.45) is 0 Å². The highest BCUT2D eigenvalue weighted by Crippen LogP contribution is 2.11. The number of nitrogens with zero attached hydrogens (tertiary/aromatic N) is 4. The van der Waals surface area contributed by atoms with Gasteiger partial charge in [0.2, 0.25) is 0 Å². The van der Waals surface area contributed by atoms with Gasteiger partial charge >= 0.3 is 0 Å². The molecule has 7 heteroatoms. The highest BCUT2D eigenvalue weighted by molar-refractivity contribution is 5.94. The van der Waals surface area contributed by atoms with Gasteiger partial charge in [0.05, 0.1) is 6.54 Å². The number of rotatable bonds is 7. The lowest BCUT2D eigenvalue weighted by Crippen LogP contribution is -2.24. The van der Waals surface area contributed by atoms with E-state index >= 15 is 0 Å². The van der Waals surface area contributed by atoms with Crippen LogP contribution in [0.4, 0.5) is 0 Å². The summed E-state index contributed by atoms with van der Waals surface area (Å²) in [5.41, 5.74) is 2.79. The summed E-state index contributed by atoms with van der Waals surface area (Å²) < 4.78 is 1.62. The highest BCUT2D eigenvalue weighted by Gasteiger charge is 2.05. The second-order valence-corrected chi connectivity index (χ2v) is 5.73. The topological polar surface area (TPSA) is 92.9 Å². The number of phenolic OH excluding ortho intramolecular Hbond substituents is 1. The number of benzene rings is 2. The number of aryl methyl sites for hydroxylation is 1. The van der Waals surface area contributed by atoms with Crippen molar-refractivity contribution >= 4 is 5.91 Å². The van der Waals surface area contributed by atoms with Gasteiger partial charge in [0.25, 0.3) is 5.91 Å². The fraction of sp³-hybridized carbons (Fsp3) is 0.222. The number of carbonyl (C=O) groups is 1. The molecule has 0 aliphatic rings. The molecule has 0 aliphatic heterocycles. The van der Waals surface area contributed by atoms with Crippen molar-refractivity contribution in [1.82, 2.24) is 25.5 Å². The molecule has 0 unspecified atom stereocenters. The monoisotopic (exact) mass is 337 g/mol. The van der Waals surface area contributed by atoms with Crippen LogP contribution in [0.5, 0.6) is 5.75 Å². The molecule has 0 saturated carbocycles. The van der Waals surface area contributed by atoms with E-state index in [9.17, 15) is 9.90 Å². The number of amides is 1. The molecule has 128 valence electrons. The number of hydrogen-bond donors (Lipinski definition) is 2. The summed E-state index contributed by atoms with van der Waals surface area (Å²) >= 11 is 0. The smallest absolute Gasteiger partial charge is 0.251 e. The lowest BCUT2D eigenvalue weighted by molar-refractivity contribution is 0.0953. The average molecular weight is 337 g/mol. The van der Waals surface area contributed by atoms with Gasteiger partial charge in [0.15, 0.2) is 0 Å². The predicted molar refractivity (Wildman–Crippen MR) is 92.1 cm³/mol. The Bertz CT molecular complexity index is 798. The second kappa shape index (κ2) is 8.05. The molecule has 0 radical (unpaired) electrons. The van der Waals surface area contributed by atoms with E-state index in [1.165, 1.54) is 0 Å². The number of phenols is 1. The number of carbonyl (C=O) groups excluding carboxylic acids is 1. The zero-order valence-electron chi connectivity index (χ0n) is 13.7. The normalized spacial score (nSPS) is 10.6. The molecule has 3 aromatic rings. The van der Waals surface area contributed by atoms with E-state index in [-0.39, 0.29) is 11.7 Å². The molecule has 0 atom stereocenters.